The number of nitrogens with one attached hydrogen (secondary N) is 1. The maximum atomic E-state index is 12.6. The first-order valence-electron chi connectivity index (χ1n) is 8.73. The molecule has 0 unspecified atom stereocenters. The third-order valence-electron chi connectivity index (χ3n) is 5.20. The zero-order chi connectivity index (χ0) is 17.2. The van der Waals surface area contributed by atoms with E-state index < -0.39 is 9.84 Å². The zero-order valence-electron chi connectivity index (χ0n) is 14.0. The Morgan fingerprint density at radius 2 is 1.92 bits per heavy atom. The molecule has 0 aliphatic heterocycles. The number of aromatic nitrogens is 3. The first-order valence-corrected chi connectivity index (χ1v) is 10.3. The molecule has 0 amide bonds. The molecule has 128 valence electrons. The number of hydrogen-bond donors (Lipinski definition) is 1. The fourth-order valence-electron chi connectivity index (χ4n) is 3.55. The number of H-pyrrole nitrogens is 1. The van der Waals surface area contributed by atoms with Crippen molar-refractivity contribution in [3.63, 3.8) is 0 Å². The molecule has 5 nitrogen and oxygen atoms in total. The predicted octanol–water partition coefficient (Wildman–Crippen LogP) is 3.75. The highest BCUT2D eigenvalue weighted by atomic mass is 32.2. The summed E-state index contributed by atoms with van der Waals surface area (Å²) in [5.41, 5.74) is 4.69. The van der Waals surface area contributed by atoms with Crippen molar-refractivity contribution in [3.05, 3.63) is 41.7 Å². The SMILES string of the molecule is Cc1cc(-c2nccc3n[nH]c(C4CC4)c23)ccc1S(=O)(=O)C1CC1. The molecule has 2 fully saturated rings. The van der Waals surface area contributed by atoms with E-state index in [-0.39, 0.29) is 5.25 Å². The summed E-state index contributed by atoms with van der Waals surface area (Å²) in [5.74, 6) is 0.545. The molecule has 0 atom stereocenters. The number of aryl methyl sites for hydroxylation is 1. The van der Waals surface area contributed by atoms with Gasteiger partial charge in [0, 0.05) is 28.8 Å². The summed E-state index contributed by atoms with van der Waals surface area (Å²) in [6.07, 6.45) is 5.69. The van der Waals surface area contributed by atoms with Crippen LogP contribution in [-0.2, 0) is 9.84 Å². The second-order valence-corrected chi connectivity index (χ2v) is 9.39. The number of pyridine rings is 1. The maximum Gasteiger partial charge on any atom is 0.181 e. The molecule has 2 aliphatic rings. The Bertz CT molecular complexity index is 1090. The van der Waals surface area contributed by atoms with Crippen LogP contribution in [0, 0.1) is 6.92 Å². The molecule has 0 spiro atoms. The number of benzene rings is 1. The van der Waals surface area contributed by atoms with Crippen LogP contribution in [0.5, 0.6) is 0 Å². The smallest absolute Gasteiger partial charge is 0.181 e. The summed E-state index contributed by atoms with van der Waals surface area (Å²) in [6, 6.07) is 7.49. The minimum absolute atomic E-state index is 0.186. The minimum atomic E-state index is -3.18. The molecule has 5 rings (SSSR count). The summed E-state index contributed by atoms with van der Waals surface area (Å²) in [7, 11) is -3.18. The normalized spacial score (nSPS) is 18.0. The molecule has 6 heteroatoms. The van der Waals surface area contributed by atoms with E-state index in [1.807, 2.05) is 25.1 Å². The van der Waals surface area contributed by atoms with Crippen LogP contribution < -0.4 is 0 Å². The van der Waals surface area contributed by atoms with Gasteiger partial charge in [-0.1, -0.05) is 6.07 Å². The topological polar surface area (TPSA) is 75.7 Å². The second-order valence-electron chi connectivity index (χ2n) is 7.19. The summed E-state index contributed by atoms with van der Waals surface area (Å²) < 4.78 is 25.1. The van der Waals surface area contributed by atoms with E-state index in [1.165, 1.54) is 12.8 Å². The van der Waals surface area contributed by atoms with Crippen molar-refractivity contribution in [1.82, 2.24) is 15.2 Å². The second kappa shape index (κ2) is 5.14. The number of aromatic amines is 1. The molecule has 25 heavy (non-hydrogen) atoms. The summed E-state index contributed by atoms with van der Waals surface area (Å²) >= 11 is 0. The fourth-order valence-corrected chi connectivity index (χ4v) is 5.43. The van der Waals surface area contributed by atoms with Gasteiger partial charge < -0.3 is 0 Å². The van der Waals surface area contributed by atoms with Crippen LogP contribution in [0.25, 0.3) is 22.2 Å². The molecule has 2 aliphatic carbocycles. The van der Waals surface area contributed by atoms with Gasteiger partial charge in [0.25, 0.3) is 0 Å². The Balaban J connectivity index is 1.66. The molecule has 3 aromatic rings. The van der Waals surface area contributed by atoms with Crippen LogP contribution in [0.4, 0.5) is 0 Å². The third-order valence-corrected chi connectivity index (χ3v) is 7.62. The molecule has 2 aromatic heterocycles. The largest absolute Gasteiger partial charge is 0.281 e. The quantitative estimate of drug-likeness (QED) is 0.775. The van der Waals surface area contributed by atoms with E-state index in [1.54, 1.807) is 12.3 Å². The van der Waals surface area contributed by atoms with Gasteiger partial charge in [0.1, 0.15) is 0 Å². The van der Waals surface area contributed by atoms with Crippen LogP contribution in [0.2, 0.25) is 0 Å². The highest BCUT2D eigenvalue weighted by Crippen LogP contribution is 2.44. The number of nitrogens with zero attached hydrogens (tertiary/aromatic N) is 2. The molecule has 1 N–H and O–H groups in total. The van der Waals surface area contributed by atoms with Crippen molar-refractivity contribution in [2.75, 3.05) is 0 Å². The van der Waals surface area contributed by atoms with E-state index in [0.29, 0.717) is 10.8 Å². The van der Waals surface area contributed by atoms with Crippen LogP contribution in [0.3, 0.4) is 0 Å². The number of hydrogen-bond acceptors (Lipinski definition) is 4. The van der Waals surface area contributed by atoms with Gasteiger partial charge >= 0.3 is 0 Å². The summed E-state index contributed by atoms with van der Waals surface area (Å²) in [4.78, 5) is 5.05. The Kier molecular flexibility index (Phi) is 3.10. The average Bonchev–Trinajstić information content (AvgIpc) is 3.50. The number of rotatable bonds is 4. The molecule has 0 bridgehead atoms. The summed E-state index contributed by atoms with van der Waals surface area (Å²) in [5, 5.41) is 8.47. The highest BCUT2D eigenvalue weighted by Gasteiger charge is 2.37. The lowest BCUT2D eigenvalue weighted by atomic mass is 10.0. The van der Waals surface area contributed by atoms with Crippen molar-refractivity contribution in [3.8, 4) is 11.3 Å². The lowest BCUT2D eigenvalue weighted by Crippen LogP contribution is -2.08. The molecule has 0 radical (unpaired) electrons. The van der Waals surface area contributed by atoms with E-state index in [9.17, 15) is 8.42 Å². The Hall–Kier alpha value is -2.21. The van der Waals surface area contributed by atoms with Crippen molar-refractivity contribution >= 4 is 20.7 Å². The predicted molar refractivity (Wildman–Crippen MR) is 96.2 cm³/mol. The van der Waals surface area contributed by atoms with Crippen LogP contribution >= 0.6 is 0 Å². The lowest BCUT2D eigenvalue weighted by Gasteiger charge is -2.10. The standard InChI is InChI=1S/C19H19N3O2S/c1-11-10-13(4-7-16(11)25(23,24)14-5-6-14)18-17-15(8-9-20-18)21-22-19(17)12-2-3-12/h4,7-10,12,14H,2-3,5-6H2,1H3,(H,21,22). The molecule has 1 aromatic carbocycles. The first kappa shape index (κ1) is 15.1. The van der Waals surface area contributed by atoms with Gasteiger partial charge in [-0.15, -0.1) is 0 Å². The Morgan fingerprint density at radius 3 is 2.60 bits per heavy atom. The van der Waals surface area contributed by atoms with E-state index in [4.69, 9.17) is 0 Å². The third kappa shape index (κ3) is 2.39. The fraction of sp³-hybridized carbons (Fsp3) is 0.368. The van der Waals surface area contributed by atoms with Gasteiger partial charge in [0.05, 0.1) is 21.4 Å². The van der Waals surface area contributed by atoms with Crippen molar-refractivity contribution in [1.29, 1.82) is 0 Å². The molecular formula is C19H19N3O2S. The van der Waals surface area contributed by atoms with E-state index >= 15 is 0 Å². The van der Waals surface area contributed by atoms with Crippen molar-refractivity contribution < 1.29 is 8.42 Å². The summed E-state index contributed by atoms with van der Waals surface area (Å²) in [6.45, 7) is 1.87. The van der Waals surface area contributed by atoms with Gasteiger partial charge in [-0.3, -0.25) is 10.1 Å². The minimum Gasteiger partial charge on any atom is -0.281 e. The van der Waals surface area contributed by atoms with E-state index in [0.717, 1.165) is 46.3 Å². The molecule has 0 saturated heterocycles. The van der Waals surface area contributed by atoms with Crippen LogP contribution in [0.1, 0.15) is 42.9 Å². The Labute approximate surface area is 146 Å². The van der Waals surface area contributed by atoms with Crippen LogP contribution in [0.15, 0.2) is 35.4 Å². The first-order chi connectivity index (χ1) is 12.1. The van der Waals surface area contributed by atoms with Gasteiger partial charge in [-0.05, 0) is 56.4 Å². The van der Waals surface area contributed by atoms with E-state index in [2.05, 4.69) is 15.2 Å². The lowest BCUT2D eigenvalue weighted by molar-refractivity contribution is 0.594. The van der Waals surface area contributed by atoms with Gasteiger partial charge in [0.2, 0.25) is 0 Å². The van der Waals surface area contributed by atoms with Crippen molar-refractivity contribution in [2.24, 2.45) is 0 Å². The number of fused-ring (bicyclic) bond motifs is 1. The Morgan fingerprint density at radius 1 is 1.12 bits per heavy atom. The number of sulfone groups is 1. The van der Waals surface area contributed by atoms with Crippen LogP contribution in [-0.4, -0.2) is 28.8 Å². The molecular weight excluding hydrogens is 334 g/mol. The average molecular weight is 353 g/mol. The highest BCUT2D eigenvalue weighted by molar-refractivity contribution is 7.92. The van der Waals surface area contributed by atoms with Gasteiger partial charge in [-0.2, -0.15) is 5.10 Å². The zero-order valence-corrected chi connectivity index (χ0v) is 14.8. The maximum absolute atomic E-state index is 12.6. The molecule has 2 heterocycles. The van der Waals surface area contributed by atoms with Gasteiger partial charge in [0.15, 0.2) is 9.84 Å². The van der Waals surface area contributed by atoms with Gasteiger partial charge in [-0.25, -0.2) is 8.42 Å². The monoisotopic (exact) mass is 353 g/mol. The molecule has 2 saturated carbocycles. The van der Waals surface area contributed by atoms with Crippen molar-refractivity contribution in [2.45, 2.75) is 48.7 Å².